The van der Waals surface area contributed by atoms with E-state index in [4.69, 9.17) is 9.73 Å². The van der Waals surface area contributed by atoms with E-state index in [0.29, 0.717) is 12.6 Å². The van der Waals surface area contributed by atoms with Crippen molar-refractivity contribution in [3.05, 3.63) is 60.2 Å². The van der Waals surface area contributed by atoms with Gasteiger partial charge in [0.25, 0.3) is 0 Å². The normalized spacial score (nSPS) is 16.6. The maximum absolute atomic E-state index is 5.20. The largest absolute Gasteiger partial charge is 0.497 e. The van der Waals surface area contributed by atoms with Crippen LogP contribution in [0.2, 0.25) is 0 Å². The summed E-state index contributed by atoms with van der Waals surface area (Å²) < 4.78 is 5.20. The molecule has 2 N–H and O–H groups in total. The molecule has 27 heavy (non-hydrogen) atoms. The number of nitrogens with one attached hydrogen (secondary N) is 2. The molecule has 1 heterocycles. The number of rotatable bonds is 6. The first-order chi connectivity index (χ1) is 12.8. The monoisotopic (exact) mass is 480 g/mol. The van der Waals surface area contributed by atoms with Crippen LogP contribution in [0.5, 0.6) is 5.75 Å². The van der Waals surface area contributed by atoms with Gasteiger partial charge in [-0.2, -0.15) is 0 Å². The molecule has 0 aliphatic carbocycles. The van der Waals surface area contributed by atoms with Gasteiger partial charge in [-0.05, 0) is 43.2 Å². The van der Waals surface area contributed by atoms with E-state index in [2.05, 4.69) is 64.9 Å². The summed E-state index contributed by atoms with van der Waals surface area (Å²) in [4.78, 5) is 7.16. The SMILES string of the molecule is CCNC(=NCc1ccc(OC)cc1)NC1CCN(c2ccccc2)C1.I. The first-order valence-electron chi connectivity index (χ1n) is 9.26. The standard InChI is InChI=1S/C21H28N4O.HI/c1-3-22-21(23-15-17-9-11-20(26-2)12-10-17)24-18-13-14-25(16-18)19-7-5-4-6-8-19;/h4-12,18H,3,13-16H2,1-2H3,(H2,22,23,24);1H. The lowest BCUT2D eigenvalue weighted by molar-refractivity contribution is 0.414. The van der Waals surface area contributed by atoms with Crippen molar-refractivity contribution in [3.63, 3.8) is 0 Å². The van der Waals surface area contributed by atoms with E-state index in [9.17, 15) is 0 Å². The predicted octanol–water partition coefficient (Wildman–Crippen LogP) is 3.65. The molecule has 6 heteroatoms. The van der Waals surface area contributed by atoms with E-state index in [-0.39, 0.29) is 24.0 Å². The number of anilines is 1. The van der Waals surface area contributed by atoms with Gasteiger partial charge in [0.05, 0.1) is 13.7 Å². The molecule has 1 unspecified atom stereocenters. The molecular weight excluding hydrogens is 451 g/mol. The number of ether oxygens (including phenoxy) is 1. The van der Waals surface area contributed by atoms with Gasteiger partial charge in [0, 0.05) is 31.4 Å². The van der Waals surface area contributed by atoms with Gasteiger partial charge in [-0.15, -0.1) is 24.0 Å². The molecule has 5 nitrogen and oxygen atoms in total. The molecule has 1 saturated heterocycles. The molecule has 146 valence electrons. The van der Waals surface area contributed by atoms with E-state index in [1.807, 2.05) is 12.1 Å². The third-order valence-electron chi connectivity index (χ3n) is 4.57. The van der Waals surface area contributed by atoms with Crippen LogP contribution in [0.25, 0.3) is 0 Å². The molecule has 2 aromatic carbocycles. The average Bonchev–Trinajstić information content (AvgIpc) is 3.16. The Labute approximate surface area is 179 Å². The number of aliphatic imine (C=N–C) groups is 1. The topological polar surface area (TPSA) is 48.9 Å². The predicted molar refractivity (Wildman–Crippen MR) is 123 cm³/mol. The van der Waals surface area contributed by atoms with E-state index < -0.39 is 0 Å². The number of hydrogen-bond donors (Lipinski definition) is 2. The van der Waals surface area contributed by atoms with Crippen molar-refractivity contribution in [1.29, 1.82) is 0 Å². The molecule has 1 fully saturated rings. The van der Waals surface area contributed by atoms with Crippen LogP contribution >= 0.6 is 24.0 Å². The van der Waals surface area contributed by atoms with Crippen LogP contribution in [0.4, 0.5) is 5.69 Å². The number of hydrogen-bond acceptors (Lipinski definition) is 3. The highest BCUT2D eigenvalue weighted by Crippen LogP contribution is 2.19. The van der Waals surface area contributed by atoms with E-state index in [0.717, 1.165) is 37.8 Å². The van der Waals surface area contributed by atoms with Crippen molar-refractivity contribution >= 4 is 35.6 Å². The number of guanidine groups is 1. The summed E-state index contributed by atoms with van der Waals surface area (Å²) in [5.74, 6) is 1.75. The molecule has 1 aliphatic rings. The number of benzene rings is 2. The number of methoxy groups -OCH3 is 1. The fourth-order valence-corrected chi connectivity index (χ4v) is 3.17. The average molecular weight is 480 g/mol. The van der Waals surface area contributed by atoms with Gasteiger partial charge in [-0.25, -0.2) is 4.99 Å². The highest BCUT2D eigenvalue weighted by atomic mass is 127. The maximum atomic E-state index is 5.20. The molecule has 1 atom stereocenters. The molecule has 0 spiro atoms. The summed E-state index contributed by atoms with van der Waals surface area (Å²) in [7, 11) is 1.68. The lowest BCUT2D eigenvalue weighted by Crippen LogP contribution is -2.44. The molecule has 1 aliphatic heterocycles. The molecule has 0 amide bonds. The zero-order chi connectivity index (χ0) is 18.2. The summed E-state index contributed by atoms with van der Waals surface area (Å²) in [5, 5.41) is 6.93. The Morgan fingerprint density at radius 1 is 1.15 bits per heavy atom. The van der Waals surface area contributed by atoms with Gasteiger partial charge in [0.15, 0.2) is 5.96 Å². The summed E-state index contributed by atoms with van der Waals surface area (Å²) in [6, 6.07) is 19.1. The van der Waals surface area contributed by atoms with Crippen molar-refractivity contribution in [1.82, 2.24) is 10.6 Å². The number of para-hydroxylation sites is 1. The van der Waals surface area contributed by atoms with Crippen LogP contribution < -0.4 is 20.3 Å². The van der Waals surface area contributed by atoms with E-state index in [1.54, 1.807) is 7.11 Å². The third-order valence-corrected chi connectivity index (χ3v) is 4.57. The van der Waals surface area contributed by atoms with Crippen molar-refractivity contribution in [2.75, 3.05) is 31.6 Å². The molecular formula is C21H29IN4O. The molecule has 0 bridgehead atoms. The first-order valence-corrected chi connectivity index (χ1v) is 9.26. The quantitative estimate of drug-likeness (QED) is 0.377. The summed E-state index contributed by atoms with van der Waals surface area (Å²) in [6.45, 7) is 5.66. The minimum atomic E-state index is 0. The van der Waals surface area contributed by atoms with Crippen LogP contribution in [-0.4, -0.2) is 38.7 Å². The summed E-state index contributed by atoms with van der Waals surface area (Å²) in [6.07, 6.45) is 1.11. The molecule has 0 radical (unpaired) electrons. The van der Waals surface area contributed by atoms with E-state index >= 15 is 0 Å². The third kappa shape index (κ3) is 6.30. The van der Waals surface area contributed by atoms with Crippen LogP contribution in [0.15, 0.2) is 59.6 Å². The lowest BCUT2D eigenvalue weighted by atomic mass is 10.2. The second-order valence-corrected chi connectivity index (χ2v) is 6.45. The Kier molecular flexibility index (Phi) is 8.71. The molecule has 0 aromatic heterocycles. The van der Waals surface area contributed by atoms with Crippen molar-refractivity contribution < 1.29 is 4.74 Å². The van der Waals surface area contributed by atoms with Gasteiger partial charge in [0.2, 0.25) is 0 Å². The maximum Gasteiger partial charge on any atom is 0.191 e. The Hall–Kier alpha value is -1.96. The Bertz CT molecular complexity index is 706. The van der Waals surface area contributed by atoms with Crippen molar-refractivity contribution in [3.8, 4) is 5.75 Å². The van der Waals surface area contributed by atoms with E-state index in [1.165, 1.54) is 11.3 Å². The fraction of sp³-hybridized carbons (Fsp3) is 0.381. The van der Waals surface area contributed by atoms with Crippen LogP contribution in [0.1, 0.15) is 18.9 Å². The fourth-order valence-electron chi connectivity index (χ4n) is 3.17. The molecule has 0 saturated carbocycles. The van der Waals surface area contributed by atoms with Crippen LogP contribution in [0, 0.1) is 0 Å². The second kappa shape index (κ2) is 11.0. The summed E-state index contributed by atoms with van der Waals surface area (Å²) >= 11 is 0. The van der Waals surface area contributed by atoms with Gasteiger partial charge >= 0.3 is 0 Å². The van der Waals surface area contributed by atoms with Gasteiger partial charge in [0.1, 0.15) is 5.75 Å². The zero-order valence-corrected chi connectivity index (χ0v) is 18.4. The smallest absolute Gasteiger partial charge is 0.191 e. The highest BCUT2D eigenvalue weighted by molar-refractivity contribution is 14.0. The summed E-state index contributed by atoms with van der Waals surface area (Å²) in [5.41, 5.74) is 2.46. The van der Waals surface area contributed by atoms with Crippen LogP contribution in [0.3, 0.4) is 0 Å². The molecule has 2 aromatic rings. The minimum Gasteiger partial charge on any atom is -0.497 e. The number of halogens is 1. The van der Waals surface area contributed by atoms with Gasteiger partial charge in [-0.1, -0.05) is 30.3 Å². The Morgan fingerprint density at radius 3 is 2.56 bits per heavy atom. The second-order valence-electron chi connectivity index (χ2n) is 6.45. The first kappa shape index (κ1) is 21.3. The Balaban J connectivity index is 0.00000261. The zero-order valence-electron chi connectivity index (χ0n) is 16.0. The minimum absolute atomic E-state index is 0. The van der Waals surface area contributed by atoms with Crippen molar-refractivity contribution in [2.24, 2.45) is 4.99 Å². The number of nitrogens with zero attached hydrogens (tertiary/aromatic N) is 2. The lowest BCUT2D eigenvalue weighted by Gasteiger charge is -2.20. The van der Waals surface area contributed by atoms with Crippen molar-refractivity contribution in [2.45, 2.75) is 25.9 Å². The highest BCUT2D eigenvalue weighted by Gasteiger charge is 2.23. The Morgan fingerprint density at radius 2 is 1.89 bits per heavy atom. The van der Waals surface area contributed by atoms with Gasteiger partial charge in [-0.3, -0.25) is 0 Å². The molecule has 3 rings (SSSR count). The van der Waals surface area contributed by atoms with Gasteiger partial charge < -0.3 is 20.3 Å². The van der Waals surface area contributed by atoms with Crippen LogP contribution in [-0.2, 0) is 6.54 Å².